The first-order valence-electron chi connectivity index (χ1n) is 14.9. The van der Waals surface area contributed by atoms with Gasteiger partial charge in [0.25, 0.3) is 0 Å². The quantitative estimate of drug-likeness (QED) is 0.101. The van der Waals surface area contributed by atoms with Gasteiger partial charge in [0, 0.05) is 31.9 Å². The Labute approximate surface area is 275 Å². The molecule has 254 valence electrons. The van der Waals surface area contributed by atoms with Crippen molar-refractivity contribution >= 4 is 40.4 Å². The number of ketones is 4. The van der Waals surface area contributed by atoms with Crippen LogP contribution < -0.4 is 37.9 Å². The second-order valence-electron chi connectivity index (χ2n) is 13.2. The fourth-order valence-corrected chi connectivity index (χ4v) is 7.81. The van der Waals surface area contributed by atoms with Gasteiger partial charge in [-0.05, 0) is 56.3 Å². The number of Topliss-reactive ketones (excluding diaryl/α,β-unsaturated/α-hetero) is 4. The molecule has 3 aliphatic rings. The van der Waals surface area contributed by atoms with Crippen LogP contribution in [0.4, 0.5) is 11.4 Å². The van der Waals surface area contributed by atoms with Crippen LogP contribution in [0.3, 0.4) is 0 Å². The van der Waals surface area contributed by atoms with Gasteiger partial charge in [0.05, 0.1) is 30.0 Å². The highest BCUT2D eigenvalue weighted by Crippen LogP contribution is 2.59. The molecule has 3 unspecified atom stereocenters. The standard InChI is InChI=1S/C32H38N8O8/c1-39(2)17-9-16(38-11-14-6-7-19(48-5)18(41)8-14)23(42)20-15(17)10-29(35)12-31(36)30(13-33,27(46)22(29)24(20)43)25(44)21(28(34)47)26(45)32(31,37)40(3)4/h6-9,21-22,38,41-42H,10-12,35-37H2,1-5H3,(H2,34,47)/t21?,22?,29-,30+,31+,32?/m1/s1. The van der Waals surface area contributed by atoms with E-state index in [2.05, 4.69) is 5.32 Å². The number of phenols is 2. The number of nitrogens with two attached hydrogens (primary N) is 4. The van der Waals surface area contributed by atoms with Gasteiger partial charge in [-0.25, -0.2) is 0 Å². The third-order valence-corrected chi connectivity index (χ3v) is 10.2. The monoisotopic (exact) mass is 662 g/mol. The van der Waals surface area contributed by atoms with Crippen molar-refractivity contribution in [3.63, 3.8) is 0 Å². The number of phenolic OH excluding ortho intramolecular Hbond substituents is 2. The van der Waals surface area contributed by atoms with E-state index in [9.17, 15) is 39.4 Å². The lowest BCUT2D eigenvalue weighted by atomic mass is 9.41. The van der Waals surface area contributed by atoms with Crippen LogP contribution >= 0.6 is 0 Å². The number of fused-ring (bicyclic) bond motifs is 3. The third kappa shape index (κ3) is 4.18. The molecular formula is C32H38N8O8. The van der Waals surface area contributed by atoms with Gasteiger partial charge in [0.1, 0.15) is 11.7 Å². The molecule has 2 aromatic rings. The van der Waals surface area contributed by atoms with Crippen molar-refractivity contribution in [1.82, 2.24) is 4.90 Å². The predicted octanol–water partition coefficient (Wildman–Crippen LogP) is -1.51. The first kappa shape index (κ1) is 34.3. The van der Waals surface area contributed by atoms with E-state index in [-0.39, 0.29) is 41.3 Å². The number of aromatic hydroxyl groups is 2. The highest BCUT2D eigenvalue weighted by atomic mass is 16.5. The minimum Gasteiger partial charge on any atom is -0.505 e. The Morgan fingerprint density at radius 2 is 1.71 bits per heavy atom. The largest absolute Gasteiger partial charge is 0.505 e. The molecule has 48 heavy (non-hydrogen) atoms. The average Bonchev–Trinajstić information content (AvgIpc) is 2.99. The van der Waals surface area contributed by atoms with Crippen molar-refractivity contribution in [3.8, 4) is 23.3 Å². The lowest BCUT2D eigenvalue weighted by Crippen LogP contribution is -2.92. The highest BCUT2D eigenvalue weighted by Gasteiger charge is 2.82. The molecular weight excluding hydrogens is 624 g/mol. The molecule has 6 atom stereocenters. The molecule has 0 bridgehead atoms. The summed E-state index contributed by atoms with van der Waals surface area (Å²) in [6, 6.07) is 7.94. The van der Waals surface area contributed by atoms with Gasteiger partial charge in [-0.1, -0.05) is 6.07 Å². The second kappa shape index (κ2) is 11.0. The predicted molar refractivity (Wildman–Crippen MR) is 171 cm³/mol. The fourth-order valence-electron chi connectivity index (χ4n) is 7.81. The molecule has 0 aromatic heterocycles. The van der Waals surface area contributed by atoms with Crippen molar-refractivity contribution < 1.29 is 38.9 Å². The summed E-state index contributed by atoms with van der Waals surface area (Å²) in [5.41, 5.74) is 17.1. The number of benzene rings is 2. The molecule has 1 amide bonds. The number of carbonyl (C=O) groups is 5. The Bertz CT molecular complexity index is 1860. The molecule has 2 aromatic carbocycles. The smallest absolute Gasteiger partial charge is 0.235 e. The Hall–Kier alpha value is -5.08. The maximum absolute atomic E-state index is 14.7. The molecule has 16 heteroatoms. The van der Waals surface area contributed by atoms with Crippen LogP contribution in [-0.4, -0.2) is 96.2 Å². The number of primary amides is 1. The van der Waals surface area contributed by atoms with Gasteiger partial charge in [0.15, 0.2) is 51.6 Å². The Morgan fingerprint density at radius 3 is 2.23 bits per heavy atom. The Morgan fingerprint density at radius 1 is 1.06 bits per heavy atom. The molecule has 11 N–H and O–H groups in total. The van der Waals surface area contributed by atoms with E-state index in [1.165, 1.54) is 27.3 Å². The zero-order valence-electron chi connectivity index (χ0n) is 27.1. The van der Waals surface area contributed by atoms with Gasteiger partial charge in [-0.3, -0.25) is 28.9 Å². The van der Waals surface area contributed by atoms with E-state index in [1.54, 1.807) is 43.3 Å². The Kier molecular flexibility index (Phi) is 7.84. The second-order valence-corrected chi connectivity index (χ2v) is 13.2. The minimum atomic E-state index is -2.99. The zero-order valence-corrected chi connectivity index (χ0v) is 27.1. The number of nitriles is 1. The van der Waals surface area contributed by atoms with Crippen molar-refractivity contribution in [3.05, 3.63) is 41.0 Å². The number of likely N-dealkylation sites (N-methyl/N-ethyl adjacent to an activating group) is 1. The summed E-state index contributed by atoms with van der Waals surface area (Å²) in [6.45, 7) is 0.0849. The van der Waals surface area contributed by atoms with E-state index in [1.807, 2.05) is 0 Å². The number of hydrogen-bond donors (Lipinski definition) is 7. The number of nitrogens with zero attached hydrogens (tertiary/aromatic N) is 3. The van der Waals surface area contributed by atoms with Crippen LogP contribution in [0.15, 0.2) is 24.3 Å². The number of rotatable bonds is 7. The number of amides is 1. The van der Waals surface area contributed by atoms with Crippen molar-refractivity contribution in [2.24, 2.45) is 40.2 Å². The fraction of sp³-hybridized carbons (Fsp3) is 0.438. The van der Waals surface area contributed by atoms with E-state index in [4.69, 9.17) is 27.7 Å². The maximum atomic E-state index is 14.7. The topological polar surface area (TPSA) is 281 Å². The molecule has 0 aliphatic heterocycles. The summed E-state index contributed by atoms with van der Waals surface area (Å²) in [5.74, 6) is -11.0. The number of anilines is 2. The minimum absolute atomic E-state index is 0.0849. The van der Waals surface area contributed by atoms with Crippen LogP contribution in [0.2, 0.25) is 0 Å². The molecule has 2 fully saturated rings. The van der Waals surface area contributed by atoms with Gasteiger partial charge >= 0.3 is 0 Å². The SMILES string of the molecule is COc1ccc(CNc2cc(N(C)C)c3c(c2O)C(=O)C2C(=O)[C@]4(C#N)C(=O)C(C(N)=O)C(=O)C(N)(N(C)C)[C@]4(N)C[C@]2(N)C3)cc1O. The number of hydrogen-bond acceptors (Lipinski definition) is 15. The zero-order chi connectivity index (χ0) is 35.9. The van der Waals surface area contributed by atoms with Crippen molar-refractivity contribution in [2.45, 2.75) is 36.1 Å². The lowest BCUT2D eigenvalue weighted by molar-refractivity contribution is -0.175. The Balaban J connectivity index is 1.69. The van der Waals surface area contributed by atoms with Crippen LogP contribution in [0, 0.1) is 28.6 Å². The molecule has 5 rings (SSSR count). The molecule has 0 saturated heterocycles. The van der Waals surface area contributed by atoms with Crippen molar-refractivity contribution in [2.75, 3.05) is 45.5 Å². The average molecular weight is 663 g/mol. The van der Waals surface area contributed by atoms with Crippen molar-refractivity contribution in [1.29, 1.82) is 5.26 Å². The van der Waals surface area contributed by atoms with Crippen LogP contribution in [0.1, 0.15) is 27.9 Å². The number of carbonyl (C=O) groups excluding carboxylic acids is 5. The summed E-state index contributed by atoms with van der Waals surface area (Å²) in [4.78, 5) is 72.2. The van der Waals surface area contributed by atoms with E-state index >= 15 is 0 Å². The summed E-state index contributed by atoms with van der Waals surface area (Å²) >= 11 is 0. The van der Waals surface area contributed by atoms with Gasteiger partial charge in [0.2, 0.25) is 5.91 Å². The molecule has 0 heterocycles. The number of methoxy groups -OCH3 is 1. The summed E-state index contributed by atoms with van der Waals surface area (Å²) < 4.78 is 5.08. The molecule has 0 radical (unpaired) electrons. The van der Waals surface area contributed by atoms with Crippen LogP contribution in [0.25, 0.3) is 0 Å². The first-order chi connectivity index (χ1) is 22.3. The van der Waals surface area contributed by atoms with Gasteiger partial charge < -0.3 is 48.1 Å². The maximum Gasteiger partial charge on any atom is 0.235 e. The number of ether oxygens (including phenoxy) is 1. The summed E-state index contributed by atoms with van der Waals surface area (Å²) in [6.07, 6.45) is -0.912. The van der Waals surface area contributed by atoms with Gasteiger partial charge in [-0.15, -0.1) is 0 Å². The normalized spacial score (nSPS) is 31.0. The highest BCUT2D eigenvalue weighted by molar-refractivity contribution is 6.34. The summed E-state index contributed by atoms with van der Waals surface area (Å²) in [5, 5.41) is 35.4. The van der Waals surface area contributed by atoms with E-state index < -0.39 is 75.2 Å². The van der Waals surface area contributed by atoms with Gasteiger partial charge in [-0.2, -0.15) is 5.26 Å². The lowest BCUT2D eigenvalue weighted by Gasteiger charge is -2.64. The van der Waals surface area contributed by atoms with E-state index in [0.29, 0.717) is 11.3 Å². The van der Waals surface area contributed by atoms with Crippen LogP contribution in [-0.2, 0) is 32.1 Å². The first-order valence-corrected chi connectivity index (χ1v) is 14.9. The molecule has 2 saturated carbocycles. The van der Waals surface area contributed by atoms with E-state index in [0.717, 1.165) is 4.90 Å². The molecule has 3 aliphatic carbocycles. The third-order valence-electron chi connectivity index (χ3n) is 10.2. The van der Waals surface area contributed by atoms with Crippen LogP contribution in [0.5, 0.6) is 17.2 Å². The summed E-state index contributed by atoms with van der Waals surface area (Å²) in [7, 11) is 7.44. The number of nitrogens with one attached hydrogen (secondary N) is 1. The molecule has 0 spiro atoms. The molecule has 16 nitrogen and oxygen atoms in total.